The molecule has 0 unspecified atom stereocenters. The van der Waals surface area contributed by atoms with Crippen LogP contribution in [0.4, 0.5) is 0 Å². The number of fused-ring (bicyclic) bond motifs is 1. The summed E-state index contributed by atoms with van der Waals surface area (Å²) in [7, 11) is 3.53. The Labute approximate surface area is 148 Å². The van der Waals surface area contributed by atoms with Crippen LogP contribution in [0.5, 0.6) is 5.75 Å². The minimum atomic E-state index is 0.117. The zero-order valence-electron chi connectivity index (χ0n) is 14.8. The molecule has 2 atom stereocenters. The Kier molecular flexibility index (Phi) is 4.21. The van der Waals surface area contributed by atoms with E-state index in [-0.39, 0.29) is 5.91 Å². The first kappa shape index (κ1) is 16.1. The third-order valence-electron chi connectivity index (χ3n) is 5.45. The summed E-state index contributed by atoms with van der Waals surface area (Å²) in [6.07, 6.45) is 5.57. The highest BCUT2D eigenvalue weighted by Gasteiger charge is 2.44. The van der Waals surface area contributed by atoms with Crippen LogP contribution in [0.15, 0.2) is 36.7 Å². The number of ether oxygens (including phenoxy) is 1. The molecule has 0 spiro atoms. The fourth-order valence-electron chi connectivity index (χ4n) is 4.19. The fourth-order valence-corrected chi connectivity index (χ4v) is 4.19. The Morgan fingerprint density at radius 3 is 2.64 bits per heavy atom. The number of methoxy groups -OCH3 is 1. The SMILES string of the molecule is COc1ccc(CN2CC[C@H]3[C@H]2CCN3C(=O)c2cnn(C)c2)cc1. The molecule has 4 rings (SSSR count). The smallest absolute Gasteiger partial charge is 0.257 e. The van der Waals surface area contributed by atoms with Crippen molar-refractivity contribution in [3.8, 4) is 5.75 Å². The van der Waals surface area contributed by atoms with Crippen molar-refractivity contribution in [2.75, 3.05) is 20.2 Å². The Bertz CT molecular complexity index is 755. The summed E-state index contributed by atoms with van der Waals surface area (Å²) in [4.78, 5) is 17.3. The van der Waals surface area contributed by atoms with Crippen LogP contribution >= 0.6 is 0 Å². The number of hydrogen-bond acceptors (Lipinski definition) is 4. The molecule has 0 bridgehead atoms. The molecule has 1 amide bonds. The van der Waals surface area contributed by atoms with Gasteiger partial charge in [-0.1, -0.05) is 12.1 Å². The molecular formula is C19H24N4O2. The van der Waals surface area contributed by atoms with Crippen molar-refractivity contribution in [2.45, 2.75) is 31.5 Å². The van der Waals surface area contributed by atoms with Gasteiger partial charge in [-0.05, 0) is 30.5 Å². The molecule has 132 valence electrons. The van der Waals surface area contributed by atoms with E-state index in [4.69, 9.17) is 4.74 Å². The molecule has 0 aliphatic carbocycles. The van der Waals surface area contributed by atoms with Gasteiger partial charge >= 0.3 is 0 Å². The molecule has 1 aromatic carbocycles. The van der Waals surface area contributed by atoms with Gasteiger partial charge in [-0.25, -0.2) is 0 Å². The van der Waals surface area contributed by atoms with Gasteiger partial charge < -0.3 is 9.64 Å². The van der Waals surface area contributed by atoms with E-state index >= 15 is 0 Å². The Balaban J connectivity index is 1.43. The second-order valence-electron chi connectivity index (χ2n) is 6.93. The first-order valence-corrected chi connectivity index (χ1v) is 8.82. The lowest BCUT2D eigenvalue weighted by molar-refractivity contribution is 0.0732. The van der Waals surface area contributed by atoms with Crippen molar-refractivity contribution in [3.63, 3.8) is 0 Å². The molecule has 3 heterocycles. The number of amides is 1. The monoisotopic (exact) mass is 340 g/mol. The van der Waals surface area contributed by atoms with Gasteiger partial charge in [0, 0.05) is 45.0 Å². The first-order chi connectivity index (χ1) is 12.2. The average molecular weight is 340 g/mol. The third-order valence-corrected chi connectivity index (χ3v) is 5.45. The van der Waals surface area contributed by atoms with Crippen LogP contribution < -0.4 is 4.74 Å². The highest BCUT2D eigenvalue weighted by molar-refractivity contribution is 5.94. The molecule has 0 saturated carbocycles. The molecule has 1 aromatic heterocycles. The van der Waals surface area contributed by atoms with Crippen LogP contribution in [-0.2, 0) is 13.6 Å². The lowest BCUT2D eigenvalue weighted by Crippen LogP contribution is -2.39. The van der Waals surface area contributed by atoms with Crippen LogP contribution in [0, 0.1) is 0 Å². The minimum Gasteiger partial charge on any atom is -0.497 e. The number of carbonyl (C=O) groups excluding carboxylic acids is 1. The maximum Gasteiger partial charge on any atom is 0.257 e. The lowest BCUT2D eigenvalue weighted by atomic mass is 10.1. The highest BCUT2D eigenvalue weighted by Crippen LogP contribution is 2.33. The number of likely N-dealkylation sites (tertiary alicyclic amines) is 2. The fraction of sp³-hybridized carbons (Fsp3) is 0.474. The third kappa shape index (κ3) is 3.02. The highest BCUT2D eigenvalue weighted by atomic mass is 16.5. The Morgan fingerprint density at radius 1 is 1.20 bits per heavy atom. The van der Waals surface area contributed by atoms with Gasteiger partial charge in [0.1, 0.15) is 5.75 Å². The summed E-state index contributed by atoms with van der Waals surface area (Å²) in [5, 5.41) is 4.13. The number of benzene rings is 1. The first-order valence-electron chi connectivity index (χ1n) is 8.82. The summed E-state index contributed by atoms with van der Waals surface area (Å²) < 4.78 is 6.91. The minimum absolute atomic E-state index is 0.117. The summed E-state index contributed by atoms with van der Waals surface area (Å²) >= 11 is 0. The molecule has 6 nitrogen and oxygen atoms in total. The van der Waals surface area contributed by atoms with Gasteiger partial charge in [0.25, 0.3) is 5.91 Å². The molecule has 2 saturated heterocycles. The molecule has 0 N–H and O–H groups in total. The van der Waals surface area contributed by atoms with Crippen molar-refractivity contribution in [1.82, 2.24) is 19.6 Å². The van der Waals surface area contributed by atoms with Crippen molar-refractivity contribution in [2.24, 2.45) is 7.05 Å². The van der Waals surface area contributed by atoms with E-state index < -0.39 is 0 Å². The van der Waals surface area contributed by atoms with E-state index in [0.717, 1.165) is 38.2 Å². The predicted molar refractivity (Wildman–Crippen MR) is 94.5 cm³/mol. The lowest BCUT2D eigenvalue weighted by Gasteiger charge is -2.25. The van der Waals surface area contributed by atoms with Gasteiger partial charge in [0.15, 0.2) is 0 Å². The Morgan fingerprint density at radius 2 is 1.96 bits per heavy atom. The maximum absolute atomic E-state index is 12.8. The van der Waals surface area contributed by atoms with E-state index in [2.05, 4.69) is 27.0 Å². The van der Waals surface area contributed by atoms with Crippen LogP contribution in [-0.4, -0.2) is 57.8 Å². The summed E-state index contributed by atoms with van der Waals surface area (Å²) in [6.45, 7) is 2.81. The van der Waals surface area contributed by atoms with E-state index in [1.807, 2.05) is 19.2 Å². The molecule has 2 fully saturated rings. The molecule has 2 aliphatic rings. The van der Waals surface area contributed by atoms with Crippen LogP contribution in [0.25, 0.3) is 0 Å². The predicted octanol–water partition coefficient (Wildman–Crippen LogP) is 1.92. The summed E-state index contributed by atoms with van der Waals surface area (Å²) in [6, 6.07) is 9.05. The van der Waals surface area contributed by atoms with Crippen molar-refractivity contribution in [1.29, 1.82) is 0 Å². The molecule has 0 radical (unpaired) electrons. The largest absolute Gasteiger partial charge is 0.497 e. The van der Waals surface area contributed by atoms with Crippen LogP contribution in [0.1, 0.15) is 28.8 Å². The zero-order chi connectivity index (χ0) is 17.4. The average Bonchev–Trinajstić information content (AvgIpc) is 3.33. The van der Waals surface area contributed by atoms with Gasteiger partial charge in [-0.2, -0.15) is 5.10 Å². The second-order valence-corrected chi connectivity index (χ2v) is 6.93. The van der Waals surface area contributed by atoms with E-state index in [1.54, 1.807) is 24.2 Å². The summed E-state index contributed by atoms with van der Waals surface area (Å²) in [5.74, 6) is 1.00. The number of hydrogen-bond donors (Lipinski definition) is 0. The molecule has 2 aromatic rings. The van der Waals surface area contributed by atoms with Gasteiger partial charge in [-0.3, -0.25) is 14.4 Å². The number of rotatable bonds is 4. The van der Waals surface area contributed by atoms with E-state index in [9.17, 15) is 4.79 Å². The molecule has 2 aliphatic heterocycles. The van der Waals surface area contributed by atoms with Gasteiger partial charge in [0.2, 0.25) is 0 Å². The molecular weight excluding hydrogens is 316 g/mol. The molecule has 6 heteroatoms. The van der Waals surface area contributed by atoms with Crippen molar-refractivity contribution >= 4 is 5.91 Å². The zero-order valence-corrected chi connectivity index (χ0v) is 14.8. The van der Waals surface area contributed by atoms with Crippen LogP contribution in [0.3, 0.4) is 0 Å². The number of carbonyl (C=O) groups is 1. The standard InChI is InChI=1S/C19H24N4O2/c1-21-13-15(11-20-21)19(24)23-10-8-17-18(23)7-9-22(17)12-14-3-5-16(25-2)6-4-14/h3-6,11,13,17-18H,7-10,12H2,1-2H3/t17-,18+/m1/s1. The van der Waals surface area contributed by atoms with E-state index in [1.165, 1.54) is 5.56 Å². The normalized spacial score (nSPS) is 23.0. The van der Waals surface area contributed by atoms with E-state index in [0.29, 0.717) is 17.6 Å². The number of nitrogens with zero attached hydrogens (tertiary/aromatic N) is 4. The van der Waals surface area contributed by atoms with Crippen LogP contribution in [0.2, 0.25) is 0 Å². The van der Waals surface area contributed by atoms with Crippen molar-refractivity contribution < 1.29 is 9.53 Å². The number of aromatic nitrogens is 2. The second kappa shape index (κ2) is 6.52. The van der Waals surface area contributed by atoms with Gasteiger partial charge in [-0.15, -0.1) is 0 Å². The maximum atomic E-state index is 12.8. The molecule has 25 heavy (non-hydrogen) atoms. The quantitative estimate of drug-likeness (QED) is 0.853. The summed E-state index contributed by atoms with van der Waals surface area (Å²) in [5.41, 5.74) is 1.98. The Hall–Kier alpha value is -2.34. The van der Waals surface area contributed by atoms with Gasteiger partial charge in [0.05, 0.1) is 18.9 Å². The number of aryl methyl sites for hydroxylation is 1. The topological polar surface area (TPSA) is 50.6 Å². The van der Waals surface area contributed by atoms with Crippen molar-refractivity contribution in [3.05, 3.63) is 47.8 Å².